The number of nitrogens with one attached hydrogen (secondary N) is 1. The Hall–Kier alpha value is -4.20. The lowest BCUT2D eigenvalue weighted by Gasteiger charge is -2.35. The minimum atomic E-state index is -0.645. The van der Waals surface area contributed by atoms with E-state index in [1.165, 1.54) is 18.2 Å². The Morgan fingerprint density at radius 3 is 2.39 bits per heavy atom. The topological polar surface area (TPSA) is 78.7 Å². The van der Waals surface area contributed by atoms with Crippen molar-refractivity contribution in [3.63, 3.8) is 0 Å². The van der Waals surface area contributed by atoms with Crippen LogP contribution in [0.25, 0.3) is 11.0 Å². The SMILES string of the molecule is O=C(Nc1c(C(=O)N2CCN(c3ccccn3)CC2)oc2ccccc12)c1ccccc1F. The molecule has 0 spiro atoms. The van der Waals surface area contributed by atoms with Gasteiger partial charge in [0.25, 0.3) is 11.8 Å². The molecule has 0 bridgehead atoms. The molecule has 0 radical (unpaired) electrons. The van der Waals surface area contributed by atoms with Crippen molar-refractivity contribution in [1.29, 1.82) is 0 Å². The van der Waals surface area contributed by atoms with Crippen LogP contribution in [0.2, 0.25) is 0 Å². The highest BCUT2D eigenvalue weighted by Crippen LogP contribution is 2.32. The Bertz CT molecular complexity index is 1310. The molecule has 0 atom stereocenters. The summed E-state index contributed by atoms with van der Waals surface area (Å²) >= 11 is 0. The first-order chi connectivity index (χ1) is 16.1. The van der Waals surface area contributed by atoms with Crippen molar-refractivity contribution in [2.45, 2.75) is 0 Å². The van der Waals surface area contributed by atoms with E-state index in [0.717, 1.165) is 5.82 Å². The van der Waals surface area contributed by atoms with E-state index in [-0.39, 0.29) is 22.9 Å². The number of hydrogen-bond donors (Lipinski definition) is 1. The van der Waals surface area contributed by atoms with Gasteiger partial charge in [-0.05, 0) is 36.4 Å². The second-order valence-electron chi connectivity index (χ2n) is 7.70. The van der Waals surface area contributed by atoms with Crippen LogP contribution in [0.3, 0.4) is 0 Å². The van der Waals surface area contributed by atoms with Crippen molar-refractivity contribution in [1.82, 2.24) is 9.88 Å². The second kappa shape index (κ2) is 8.74. The molecule has 2 aromatic carbocycles. The van der Waals surface area contributed by atoms with Crippen LogP contribution < -0.4 is 10.2 Å². The number of amides is 2. The van der Waals surface area contributed by atoms with E-state index in [1.54, 1.807) is 41.4 Å². The second-order valence-corrected chi connectivity index (χ2v) is 7.70. The van der Waals surface area contributed by atoms with Gasteiger partial charge in [-0.1, -0.05) is 30.3 Å². The molecule has 33 heavy (non-hydrogen) atoms. The quantitative estimate of drug-likeness (QED) is 0.511. The van der Waals surface area contributed by atoms with Gasteiger partial charge < -0.3 is 19.5 Å². The third-order valence-electron chi connectivity index (χ3n) is 5.69. The van der Waals surface area contributed by atoms with Crippen molar-refractivity contribution in [3.8, 4) is 0 Å². The molecule has 8 heteroatoms. The fourth-order valence-corrected chi connectivity index (χ4v) is 3.97. The standard InChI is InChI=1S/C25H21FN4O3/c26-19-9-3-1-7-17(19)24(31)28-22-18-8-2-4-10-20(18)33-23(22)25(32)30-15-13-29(14-16-30)21-11-5-6-12-27-21/h1-12H,13-16H2,(H,28,31). The van der Waals surface area contributed by atoms with Gasteiger partial charge in [-0.25, -0.2) is 9.37 Å². The maximum absolute atomic E-state index is 14.1. The number of fused-ring (bicyclic) bond motifs is 1. The molecule has 166 valence electrons. The number of carbonyl (C=O) groups is 2. The molecule has 0 unspecified atom stereocenters. The molecule has 1 saturated heterocycles. The zero-order chi connectivity index (χ0) is 22.8. The van der Waals surface area contributed by atoms with Gasteiger partial charge in [0.15, 0.2) is 0 Å². The van der Waals surface area contributed by atoms with Crippen LogP contribution in [0, 0.1) is 5.82 Å². The van der Waals surface area contributed by atoms with Crippen LogP contribution in [0.1, 0.15) is 20.9 Å². The number of carbonyl (C=O) groups excluding carboxylic acids is 2. The minimum absolute atomic E-state index is 0.0344. The predicted molar refractivity (Wildman–Crippen MR) is 123 cm³/mol. The number of halogens is 1. The molecule has 2 aromatic heterocycles. The summed E-state index contributed by atoms with van der Waals surface area (Å²) in [6.07, 6.45) is 1.74. The van der Waals surface area contributed by atoms with Gasteiger partial charge in [0.05, 0.1) is 5.56 Å². The Morgan fingerprint density at radius 1 is 0.909 bits per heavy atom. The first-order valence-corrected chi connectivity index (χ1v) is 10.6. The van der Waals surface area contributed by atoms with E-state index in [1.807, 2.05) is 18.2 Å². The highest BCUT2D eigenvalue weighted by atomic mass is 19.1. The van der Waals surface area contributed by atoms with Crippen LogP contribution in [0.15, 0.2) is 77.3 Å². The molecule has 3 heterocycles. The van der Waals surface area contributed by atoms with E-state index in [9.17, 15) is 14.0 Å². The van der Waals surface area contributed by atoms with Gasteiger partial charge in [0.2, 0.25) is 5.76 Å². The van der Waals surface area contributed by atoms with E-state index in [4.69, 9.17) is 4.42 Å². The molecule has 7 nitrogen and oxygen atoms in total. The van der Waals surface area contributed by atoms with Crippen molar-refractivity contribution in [2.24, 2.45) is 0 Å². The number of para-hydroxylation sites is 1. The fourth-order valence-electron chi connectivity index (χ4n) is 3.97. The number of anilines is 2. The van der Waals surface area contributed by atoms with Crippen LogP contribution in [-0.2, 0) is 0 Å². The normalized spacial score (nSPS) is 13.8. The maximum Gasteiger partial charge on any atom is 0.291 e. The monoisotopic (exact) mass is 444 g/mol. The van der Waals surface area contributed by atoms with E-state index in [0.29, 0.717) is 37.1 Å². The summed E-state index contributed by atoms with van der Waals surface area (Å²) < 4.78 is 20.0. The number of hydrogen-bond acceptors (Lipinski definition) is 5. The predicted octanol–water partition coefficient (Wildman–Crippen LogP) is 4.18. The summed E-state index contributed by atoms with van der Waals surface area (Å²) in [5.41, 5.74) is 0.609. The number of aromatic nitrogens is 1. The molecule has 5 rings (SSSR count). The van der Waals surface area contributed by atoms with Crippen LogP contribution in [-0.4, -0.2) is 47.9 Å². The number of piperazine rings is 1. The third kappa shape index (κ3) is 4.03. The molecule has 1 N–H and O–H groups in total. The molecule has 4 aromatic rings. The fraction of sp³-hybridized carbons (Fsp3) is 0.160. The van der Waals surface area contributed by atoms with Crippen molar-refractivity contribution in [2.75, 3.05) is 36.4 Å². The Balaban J connectivity index is 1.41. The molecule has 2 amide bonds. The number of pyridine rings is 1. The summed E-state index contributed by atoms with van der Waals surface area (Å²) in [4.78, 5) is 34.4. The highest BCUT2D eigenvalue weighted by molar-refractivity contribution is 6.14. The van der Waals surface area contributed by atoms with E-state index >= 15 is 0 Å². The minimum Gasteiger partial charge on any atom is -0.449 e. The van der Waals surface area contributed by atoms with Gasteiger partial charge in [-0.15, -0.1) is 0 Å². The first kappa shape index (κ1) is 20.7. The zero-order valence-electron chi connectivity index (χ0n) is 17.7. The lowest BCUT2D eigenvalue weighted by atomic mass is 10.1. The number of furan rings is 1. The van der Waals surface area contributed by atoms with Gasteiger partial charge in [-0.2, -0.15) is 0 Å². The molecular formula is C25H21FN4O3. The lowest BCUT2D eigenvalue weighted by molar-refractivity contribution is 0.0718. The van der Waals surface area contributed by atoms with Gasteiger partial charge in [-0.3, -0.25) is 9.59 Å². The Morgan fingerprint density at radius 2 is 1.64 bits per heavy atom. The van der Waals surface area contributed by atoms with Crippen molar-refractivity contribution in [3.05, 3.63) is 90.1 Å². The molecule has 0 aliphatic carbocycles. The van der Waals surface area contributed by atoms with Crippen LogP contribution >= 0.6 is 0 Å². The van der Waals surface area contributed by atoms with Crippen molar-refractivity contribution >= 4 is 34.3 Å². The number of nitrogens with zero attached hydrogens (tertiary/aromatic N) is 3. The average molecular weight is 444 g/mol. The number of rotatable bonds is 4. The first-order valence-electron chi connectivity index (χ1n) is 10.6. The summed E-state index contributed by atoms with van der Waals surface area (Å²) in [5, 5.41) is 3.29. The molecule has 0 saturated carbocycles. The van der Waals surface area contributed by atoms with Crippen LogP contribution in [0.5, 0.6) is 0 Å². The van der Waals surface area contributed by atoms with Gasteiger partial charge in [0.1, 0.15) is 22.9 Å². The summed E-state index contributed by atoms with van der Waals surface area (Å²) in [6, 6.07) is 18.5. The third-order valence-corrected chi connectivity index (χ3v) is 5.69. The Labute approximate surface area is 189 Å². The number of benzene rings is 2. The van der Waals surface area contributed by atoms with E-state index in [2.05, 4.69) is 15.2 Å². The molecular weight excluding hydrogens is 423 g/mol. The van der Waals surface area contributed by atoms with Crippen LogP contribution in [0.4, 0.5) is 15.9 Å². The molecule has 1 aliphatic rings. The van der Waals surface area contributed by atoms with Gasteiger partial charge in [0, 0.05) is 37.8 Å². The maximum atomic E-state index is 14.1. The van der Waals surface area contributed by atoms with Crippen molar-refractivity contribution < 1.29 is 18.4 Å². The Kier molecular flexibility index (Phi) is 5.48. The highest BCUT2D eigenvalue weighted by Gasteiger charge is 2.29. The smallest absolute Gasteiger partial charge is 0.291 e. The summed E-state index contributed by atoms with van der Waals surface area (Å²) in [5.74, 6) is -0.705. The summed E-state index contributed by atoms with van der Waals surface area (Å²) in [7, 11) is 0. The van der Waals surface area contributed by atoms with E-state index < -0.39 is 11.7 Å². The summed E-state index contributed by atoms with van der Waals surface area (Å²) in [6.45, 7) is 2.21. The molecule has 1 aliphatic heterocycles. The molecule has 1 fully saturated rings. The van der Waals surface area contributed by atoms with Gasteiger partial charge >= 0.3 is 0 Å². The average Bonchev–Trinajstić information content (AvgIpc) is 3.23. The lowest BCUT2D eigenvalue weighted by Crippen LogP contribution is -2.49. The zero-order valence-corrected chi connectivity index (χ0v) is 17.7. The largest absolute Gasteiger partial charge is 0.449 e.